The van der Waals surface area contributed by atoms with Crippen LogP contribution in [-0.4, -0.2) is 11.9 Å². The number of hydrogen-bond donors (Lipinski definition) is 0. The van der Waals surface area contributed by atoms with Gasteiger partial charge in [-0.1, -0.05) is 31.9 Å². The summed E-state index contributed by atoms with van der Waals surface area (Å²) in [5.74, 6) is -1.28. The molecule has 0 spiro atoms. The Bertz CT molecular complexity index is 229. The second-order valence-electron chi connectivity index (χ2n) is 3.50. The van der Waals surface area contributed by atoms with Crippen LogP contribution in [0.4, 0.5) is 0 Å². The van der Waals surface area contributed by atoms with E-state index in [1.54, 1.807) is 0 Å². The van der Waals surface area contributed by atoms with Crippen LogP contribution in [0.1, 0.15) is 39.0 Å². The van der Waals surface area contributed by atoms with Crippen LogP contribution in [0, 0.1) is 5.92 Å². The molecular weight excluding hydrogens is 180 g/mol. The predicted octanol–water partition coefficient (Wildman–Crippen LogP) is 2.21. The number of carbonyl (C=O) groups is 2. The van der Waals surface area contributed by atoms with Gasteiger partial charge in [0, 0.05) is 0 Å². The Morgan fingerprint density at radius 2 is 1.93 bits per heavy atom. The molecule has 0 aliphatic carbocycles. The first-order chi connectivity index (χ1) is 6.75. The Kier molecular flexibility index (Phi) is 4.36. The molecule has 0 atom stereocenters. The zero-order chi connectivity index (χ0) is 10.4. The minimum absolute atomic E-state index is 0.381. The van der Waals surface area contributed by atoms with E-state index in [0.29, 0.717) is 6.42 Å². The van der Waals surface area contributed by atoms with Crippen molar-refractivity contribution in [1.29, 1.82) is 0 Å². The number of cyclic esters (lactones) is 2. The van der Waals surface area contributed by atoms with Gasteiger partial charge in [0.25, 0.3) is 0 Å². The van der Waals surface area contributed by atoms with Crippen molar-refractivity contribution in [3.05, 3.63) is 12.2 Å². The van der Waals surface area contributed by atoms with Crippen LogP contribution in [0.25, 0.3) is 0 Å². The van der Waals surface area contributed by atoms with Crippen molar-refractivity contribution in [3.63, 3.8) is 0 Å². The third-order valence-corrected chi connectivity index (χ3v) is 2.28. The van der Waals surface area contributed by atoms with E-state index in [1.807, 2.05) is 12.2 Å². The van der Waals surface area contributed by atoms with Crippen molar-refractivity contribution in [2.24, 2.45) is 5.92 Å². The molecule has 3 heteroatoms. The van der Waals surface area contributed by atoms with Gasteiger partial charge in [0.1, 0.15) is 0 Å². The molecule has 0 radical (unpaired) electrons. The van der Waals surface area contributed by atoms with Crippen LogP contribution in [-0.2, 0) is 14.3 Å². The molecule has 0 saturated carbocycles. The Labute approximate surface area is 84.1 Å². The lowest BCUT2D eigenvalue weighted by atomic mass is 10.0. The Morgan fingerprint density at radius 3 is 2.50 bits per heavy atom. The molecule has 78 valence electrons. The quantitative estimate of drug-likeness (QED) is 0.283. The molecule has 0 aromatic heterocycles. The smallest absolute Gasteiger partial charge is 0.328 e. The van der Waals surface area contributed by atoms with Crippen molar-refractivity contribution in [3.8, 4) is 0 Å². The maximum Gasteiger partial charge on any atom is 0.328 e. The number of unbranched alkanes of at least 4 members (excludes halogenated alkanes) is 3. The van der Waals surface area contributed by atoms with Crippen molar-refractivity contribution >= 4 is 11.9 Å². The van der Waals surface area contributed by atoms with E-state index in [2.05, 4.69) is 11.7 Å². The van der Waals surface area contributed by atoms with Crippen LogP contribution in [0.2, 0.25) is 0 Å². The molecule has 3 nitrogen and oxygen atoms in total. The topological polar surface area (TPSA) is 43.4 Å². The van der Waals surface area contributed by atoms with Gasteiger partial charge in [0.2, 0.25) is 0 Å². The first kappa shape index (κ1) is 11.0. The normalized spacial score (nSPS) is 17.2. The monoisotopic (exact) mass is 196 g/mol. The third kappa shape index (κ3) is 2.98. The number of hydrogen-bond acceptors (Lipinski definition) is 3. The molecule has 1 saturated heterocycles. The summed E-state index contributed by atoms with van der Waals surface area (Å²) >= 11 is 0. The average Bonchev–Trinajstić information content (AvgIpc) is 2.16. The fourth-order valence-corrected chi connectivity index (χ4v) is 1.33. The van der Waals surface area contributed by atoms with Crippen molar-refractivity contribution in [2.75, 3.05) is 0 Å². The van der Waals surface area contributed by atoms with Crippen LogP contribution in [0.3, 0.4) is 0 Å². The summed E-state index contributed by atoms with van der Waals surface area (Å²) in [6, 6.07) is 0. The molecule has 14 heavy (non-hydrogen) atoms. The Morgan fingerprint density at radius 1 is 1.21 bits per heavy atom. The van der Waals surface area contributed by atoms with E-state index in [4.69, 9.17) is 0 Å². The number of esters is 2. The standard InChI is InChI=1S/C11H16O3/c1-2-3-4-5-6-7-8-9-10(12)14-11(9)13/h6-7,9H,2-5,8H2,1H3/b7-6+. The maximum absolute atomic E-state index is 10.7. The predicted molar refractivity (Wildman–Crippen MR) is 52.5 cm³/mol. The number of allylic oxidation sites excluding steroid dienone is 2. The first-order valence-electron chi connectivity index (χ1n) is 5.16. The van der Waals surface area contributed by atoms with Gasteiger partial charge < -0.3 is 4.74 Å². The minimum atomic E-state index is -0.516. The highest BCUT2D eigenvalue weighted by molar-refractivity contribution is 6.09. The van der Waals surface area contributed by atoms with Gasteiger partial charge >= 0.3 is 11.9 Å². The second-order valence-corrected chi connectivity index (χ2v) is 3.50. The maximum atomic E-state index is 10.7. The first-order valence-corrected chi connectivity index (χ1v) is 5.16. The largest absolute Gasteiger partial charge is 0.392 e. The summed E-state index contributed by atoms with van der Waals surface area (Å²) in [5.41, 5.74) is 0. The lowest BCUT2D eigenvalue weighted by Gasteiger charge is -2.19. The molecule has 0 aromatic rings. The summed E-state index contributed by atoms with van der Waals surface area (Å²) in [5, 5.41) is 0. The molecule has 0 unspecified atom stereocenters. The highest BCUT2D eigenvalue weighted by Crippen LogP contribution is 2.19. The van der Waals surface area contributed by atoms with Gasteiger partial charge in [-0.3, -0.25) is 9.59 Å². The highest BCUT2D eigenvalue weighted by Gasteiger charge is 2.40. The molecule has 1 heterocycles. The van der Waals surface area contributed by atoms with Crippen molar-refractivity contribution in [1.82, 2.24) is 0 Å². The second kappa shape index (κ2) is 5.58. The Balaban J connectivity index is 2.08. The van der Waals surface area contributed by atoms with E-state index in [1.165, 1.54) is 19.3 Å². The summed E-state index contributed by atoms with van der Waals surface area (Å²) < 4.78 is 4.24. The summed E-state index contributed by atoms with van der Waals surface area (Å²) in [6.45, 7) is 2.16. The van der Waals surface area contributed by atoms with Gasteiger partial charge in [-0.2, -0.15) is 0 Å². The van der Waals surface area contributed by atoms with Crippen molar-refractivity contribution in [2.45, 2.75) is 39.0 Å². The van der Waals surface area contributed by atoms with Gasteiger partial charge in [-0.15, -0.1) is 0 Å². The molecule has 0 N–H and O–H groups in total. The van der Waals surface area contributed by atoms with Crippen LogP contribution < -0.4 is 0 Å². The highest BCUT2D eigenvalue weighted by atomic mass is 16.6. The molecule has 1 aliphatic heterocycles. The fraction of sp³-hybridized carbons (Fsp3) is 0.636. The molecule has 1 rings (SSSR count). The lowest BCUT2D eigenvalue weighted by Crippen LogP contribution is -2.40. The zero-order valence-corrected chi connectivity index (χ0v) is 8.49. The van der Waals surface area contributed by atoms with Gasteiger partial charge in [-0.05, 0) is 19.3 Å². The Hall–Kier alpha value is -1.12. The number of carbonyl (C=O) groups excluding carboxylic acids is 2. The van der Waals surface area contributed by atoms with E-state index in [9.17, 15) is 9.59 Å². The van der Waals surface area contributed by atoms with Crippen molar-refractivity contribution < 1.29 is 14.3 Å². The molecule has 1 aliphatic rings. The number of ether oxygens (including phenoxy) is 1. The van der Waals surface area contributed by atoms with E-state index >= 15 is 0 Å². The van der Waals surface area contributed by atoms with E-state index in [0.717, 1.165) is 6.42 Å². The van der Waals surface area contributed by atoms with Gasteiger partial charge in [0.15, 0.2) is 5.92 Å². The minimum Gasteiger partial charge on any atom is -0.392 e. The summed E-state index contributed by atoms with van der Waals surface area (Å²) in [6.07, 6.45) is 9.09. The zero-order valence-electron chi connectivity index (χ0n) is 8.49. The number of rotatable bonds is 6. The summed E-state index contributed by atoms with van der Waals surface area (Å²) in [7, 11) is 0. The summed E-state index contributed by atoms with van der Waals surface area (Å²) in [4.78, 5) is 21.5. The molecular formula is C11H16O3. The van der Waals surface area contributed by atoms with Crippen LogP contribution >= 0.6 is 0 Å². The molecule has 0 aromatic carbocycles. The van der Waals surface area contributed by atoms with E-state index < -0.39 is 5.92 Å². The lowest BCUT2D eigenvalue weighted by molar-refractivity contribution is -0.183. The molecule has 1 fully saturated rings. The molecule has 0 bridgehead atoms. The SMILES string of the molecule is CCCCC/C=C/CC1C(=O)OC1=O. The van der Waals surface area contributed by atoms with Gasteiger partial charge in [0.05, 0.1) is 0 Å². The molecule has 0 amide bonds. The van der Waals surface area contributed by atoms with Gasteiger partial charge in [-0.25, -0.2) is 0 Å². The average molecular weight is 196 g/mol. The van der Waals surface area contributed by atoms with Crippen LogP contribution in [0.5, 0.6) is 0 Å². The van der Waals surface area contributed by atoms with Crippen LogP contribution in [0.15, 0.2) is 12.2 Å². The fourth-order valence-electron chi connectivity index (χ4n) is 1.33. The third-order valence-electron chi connectivity index (χ3n) is 2.28. The van der Waals surface area contributed by atoms with E-state index in [-0.39, 0.29) is 11.9 Å².